The number of likely N-dealkylation sites (N-methyl/N-ethyl adjacent to an activating group) is 1. The molecule has 1 fully saturated rings. The van der Waals surface area contributed by atoms with E-state index in [2.05, 4.69) is 35.0 Å². The number of hydrogen-bond acceptors (Lipinski definition) is 9. The first-order valence-electron chi connectivity index (χ1n) is 15.0. The number of hydrogen-bond donors (Lipinski definition) is 0. The number of piperazine rings is 1. The smallest absolute Gasteiger partial charge is 0.425 e. The second-order valence-corrected chi connectivity index (χ2v) is 11.2. The molecule has 236 valence electrons. The summed E-state index contributed by atoms with van der Waals surface area (Å²) in [6.07, 6.45) is -0.227. The molecule has 0 N–H and O–H groups in total. The summed E-state index contributed by atoms with van der Waals surface area (Å²) in [6.45, 7) is 9.66. The fourth-order valence-electron chi connectivity index (χ4n) is 5.49. The molecule has 0 unspecified atom stereocenters. The first-order chi connectivity index (χ1) is 21.7. The van der Waals surface area contributed by atoms with Crippen LogP contribution in [0.15, 0.2) is 60.7 Å². The van der Waals surface area contributed by atoms with Gasteiger partial charge in [-0.1, -0.05) is 24.3 Å². The Bertz CT molecular complexity index is 1650. The van der Waals surface area contributed by atoms with Crippen LogP contribution in [0, 0.1) is 20.8 Å². The van der Waals surface area contributed by atoms with Gasteiger partial charge in [0.15, 0.2) is 0 Å². The lowest BCUT2D eigenvalue weighted by Gasteiger charge is -2.34. The quantitative estimate of drug-likeness (QED) is 0.223. The Morgan fingerprint density at radius 3 is 2.20 bits per heavy atom. The molecular formula is C35H41N5O5. The summed E-state index contributed by atoms with van der Waals surface area (Å²) in [7, 11) is 6.94. The number of benzene rings is 3. The van der Waals surface area contributed by atoms with Crippen LogP contribution in [0.1, 0.15) is 28.2 Å². The summed E-state index contributed by atoms with van der Waals surface area (Å²) < 4.78 is 22.9. The number of carbonyl (C=O) groups is 1. The number of ether oxygens (including phenoxy) is 4. The molecule has 0 spiro atoms. The third-order valence-electron chi connectivity index (χ3n) is 8.01. The maximum absolute atomic E-state index is 14.1. The van der Waals surface area contributed by atoms with E-state index in [0.717, 1.165) is 54.3 Å². The molecule has 1 aliphatic rings. The van der Waals surface area contributed by atoms with Gasteiger partial charge in [0.1, 0.15) is 34.6 Å². The van der Waals surface area contributed by atoms with E-state index >= 15 is 0 Å². The Kier molecular flexibility index (Phi) is 9.73. The molecule has 45 heavy (non-hydrogen) atoms. The Morgan fingerprint density at radius 1 is 0.822 bits per heavy atom. The van der Waals surface area contributed by atoms with Crippen molar-refractivity contribution in [3.63, 3.8) is 0 Å². The number of rotatable bonds is 9. The van der Waals surface area contributed by atoms with Crippen LogP contribution in [0.4, 0.5) is 22.0 Å². The van der Waals surface area contributed by atoms with E-state index in [0.29, 0.717) is 46.7 Å². The van der Waals surface area contributed by atoms with Crippen LogP contribution in [0.2, 0.25) is 0 Å². The van der Waals surface area contributed by atoms with Crippen molar-refractivity contribution in [2.75, 3.05) is 64.4 Å². The molecule has 0 saturated carbocycles. The number of carbonyl (C=O) groups excluding carboxylic acids is 1. The number of anilines is 3. The van der Waals surface area contributed by atoms with Crippen molar-refractivity contribution in [1.29, 1.82) is 0 Å². The topological polar surface area (TPSA) is 89.5 Å². The van der Waals surface area contributed by atoms with Gasteiger partial charge >= 0.3 is 6.09 Å². The number of nitrogens with zero attached hydrogens (tertiary/aromatic N) is 5. The van der Waals surface area contributed by atoms with Crippen LogP contribution >= 0.6 is 0 Å². The summed E-state index contributed by atoms with van der Waals surface area (Å²) in [5, 5.41) is 0. The molecule has 1 aliphatic heterocycles. The number of aromatic nitrogens is 2. The van der Waals surface area contributed by atoms with Gasteiger partial charge < -0.3 is 28.7 Å². The largest absolute Gasteiger partial charge is 0.497 e. The fraction of sp³-hybridized carbons (Fsp3) is 0.343. The average molecular weight is 612 g/mol. The Balaban J connectivity index is 1.52. The fourth-order valence-corrected chi connectivity index (χ4v) is 5.49. The van der Waals surface area contributed by atoms with E-state index in [1.807, 2.05) is 39.0 Å². The molecule has 3 aromatic carbocycles. The molecule has 10 heteroatoms. The minimum absolute atomic E-state index is 0.352. The average Bonchev–Trinajstić information content (AvgIpc) is 3.03. The van der Waals surface area contributed by atoms with Gasteiger partial charge in [-0.3, -0.25) is 0 Å². The van der Waals surface area contributed by atoms with Crippen LogP contribution in [-0.2, 0) is 6.42 Å². The number of aryl methyl sites for hydroxylation is 3. The van der Waals surface area contributed by atoms with Crippen LogP contribution in [0.3, 0.4) is 0 Å². The molecule has 0 atom stereocenters. The van der Waals surface area contributed by atoms with Gasteiger partial charge in [-0.25, -0.2) is 19.7 Å². The zero-order valence-corrected chi connectivity index (χ0v) is 27.1. The molecule has 1 saturated heterocycles. The maximum Gasteiger partial charge on any atom is 0.425 e. The van der Waals surface area contributed by atoms with E-state index < -0.39 is 6.09 Å². The van der Waals surface area contributed by atoms with Crippen molar-refractivity contribution in [1.82, 2.24) is 14.9 Å². The Labute approximate surface area is 265 Å². The van der Waals surface area contributed by atoms with E-state index in [-0.39, 0.29) is 0 Å². The van der Waals surface area contributed by atoms with Gasteiger partial charge in [0.05, 0.1) is 27.0 Å². The van der Waals surface area contributed by atoms with Gasteiger partial charge in [0, 0.05) is 67.7 Å². The molecule has 2 heterocycles. The van der Waals surface area contributed by atoms with Crippen LogP contribution < -0.4 is 28.7 Å². The lowest BCUT2D eigenvalue weighted by atomic mass is 10.1. The number of para-hydroxylation sites is 1. The summed E-state index contributed by atoms with van der Waals surface area (Å²) in [4.78, 5) is 29.8. The van der Waals surface area contributed by atoms with Crippen molar-refractivity contribution in [2.45, 2.75) is 27.2 Å². The number of methoxy groups -OCH3 is 3. The minimum atomic E-state index is -0.631. The normalized spacial score (nSPS) is 13.4. The molecule has 10 nitrogen and oxygen atoms in total. The molecular weight excluding hydrogens is 570 g/mol. The monoisotopic (exact) mass is 611 g/mol. The third kappa shape index (κ3) is 7.12. The SMILES string of the molecule is COc1ccc(N(C(=O)Oc2c(C)cccc2C)c2cc(C)nc(Cc3ccc(N4CCN(C)CC4)cc3OC)n2)c(OC)c1. The highest BCUT2D eigenvalue weighted by molar-refractivity contribution is 5.98. The van der Waals surface area contributed by atoms with E-state index in [1.54, 1.807) is 45.6 Å². The molecule has 0 bridgehead atoms. The van der Waals surface area contributed by atoms with Gasteiger partial charge in [0.2, 0.25) is 0 Å². The second-order valence-electron chi connectivity index (χ2n) is 11.2. The molecule has 0 aliphatic carbocycles. The lowest BCUT2D eigenvalue weighted by molar-refractivity contribution is 0.209. The van der Waals surface area contributed by atoms with Crippen LogP contribution in [0.5, 0.6) is 23.0 Å². The first kappa shape index (κ1) is 31.6. The predicted molar refractivity (Wildman–Crippen MR) is 176 cm³/mol. The number of amides is 1. The first-order valence-corrected chi connectivity index (χ1v) is 15.0. The zero-order chi connectivity index (χ0) is 32.1. The van der Waals surface area contributed by atoms with E-state index in [1.165, 1.54) is 4.90 Å². The van der Waals surface area contributed by atoms with Gasteiger partial charge in [-0.15, -0.1) is 0 Å². The van der Waals surface area contributed by atoms with E-state index in [9.17, 15) is 4.79 Å². The molecule has 5 rings (SSSR count). The highest BCUT2D eigenvalue weighted by atomic mass is 16.6. The molecule has 1 amide bonds. The third-order valence-corrected chi connectivity index (χ3v) is 8.01. The molecule has 0 radical (unpaired) electrons. The van der Waals surface area contributed by atoms with Crippen molar-refractivity contribution < 1.29 is 23.7 Å². The molecule has 4 aromatic rings. The zero-order valence-electron chi connectivity index (χ0n) is 27.1. The maximum atomic E-state index is 14.1. The van der Waals surface area contributed by atoms with Gasteiger partial charge in [-0.2, -0.15) is 0 Å². The second kappa shape index (κ2) is 13.9. The summed E-state index contributed by atoms with van der Waals surface area (Å²) in [5.41, 5.74) is 4.90. The highest BCUT2D eigenvalue weighted by Gasteiger charge is 2.27. The highest BCUT2D eigenvalue weighted by Crippen LogP contribution is 2.38. The van der Waals surface area contributed by atoms with Crippen LogP contribution in [0.25, 0.3) is 0 Å². The Hall–Kier alpha value is -4.83. The Morgan fingerprint density at radius 2 is 1.53 bits per heavy atom. The van der Waals surface area contributed by atoms with Crippen molar-refractivity contribution in [2.24, 2.45) is 0 Å². The van der Waals surface area contributed by atoms with Crippen molar-refractivity contribution >= 4 is 23.3 Å². The summed E-state index contributed by atoms with van der Waals surface area (Å²) in [6, 6.07) is 19.0. The molecule has 1 aromatic heterocycles. The van der Waals surface area contributed by atoms with E-state index in [4.69, 9.17) is 28.9 Å². The van der Waals surface area contributed by atoms with Crippen molar-refractivity contribution in [3.8, 4) is 23.0 Å². The minimum Gasteiger partial charge on any atom is -0.497 e. The van der Waals surface area contributed by atoms with Gasteiger partial charge in [-0.05, 0) is 57.1 Å². The lowest BCUT2D eigenvalue weighted by Crippen LogP contribution is -2.44. The predicted octanol–water partition coefficient (Wildman–Crippen LogP) is 6.11. The van der Waals surface area contributed by atoms with Crippen LogP contribution in [-0.4, -0.2) is 75.5 Å². The standard InChI is InChI=1S/C35H41N5O5/c1-23-9-8-10-24(2)34(23)45-35(41)40(29-14-13-28(42-5)22-31(29)44-7)33-19-25(3)36-32(37-33)20-26-11-12-27(21-30(26)43-6)39-17-15-38(4)16-18-39/h8-14,19,21-22H,15-18,20H2,1-7H3. The summed E-state index contributed by atoms with van der Waals surface area (Å²) in [5.74, 6) is 3.16. The van der Waals surface area contributed by atoms with Crippen molar-refractivity contribution in [3.05, 3.63) is 88.9 Å². The summed E-state index contributed by atoms with van der Waals surface area (Å²) >= 11 is 0. The van der Waals surface area contributed by atoms with Gasteiger partial charge in [0.25, 0.3) is 0 Å².